The molecule has 2 unspecified atom stereocenters. The van der Waals surface area contributed by atoms with E-state index in [0.717, 1.165) is 38.2 Å². The molecule has 3 nitrogen and oxygen atoms in total. The number of methoxy groups -OCH3 is 1. The van der Waals surface area contributed by atoms with Crippen molar-refractivity contribution in [2.75, 3.05) is 26.7 Å². The van der Waals surface area contributed by atoms with Gasteiger partial charge in [0.1, 0.15) is 5.75 Å². The fourth-order valence-corrected chi connectivity index (χ4v) is 5.21. The van der Waals surface area contributed by atoms with Crippen LogP contribution >= 0.6 is 11.8 Å². The van der Waals surface area contributed by atoms with Crippen LogP contribution in [0.25, 0.3) is 0 Å². The van der Waals surface area contributed by atoms with Crippen LogP contribution in [0.3, 0.4) is 0 Å². The first-order chi connectivity index (χ1) is 13.1. The minimum Gasteiger partial charge on any atom is -0.497 e. The second-order valence-corrected chi connectivity index (χ2v) is 8.81. The lowest BCUT2D eigenvalue weighted by Crippen LogP contribution is -2.42. The van der Waals surface area contributed by atoms with Crippen LogP contribution in [0.4, 0.5) is 0 Å². The summed E-state index contributed by atoms with van der Waals surface area (Å²) < 4.78 is 5.41. The van der Waals surface area contributed by atoms with Crippen LogP contribution in [0, 0.1) is 6.92 Å². The zero-order valence-corrected chi connectivity index (χ0v) is 17.3. The fraction of sp³-hybridized carbons (Fsp3) is 0.435. The van der Waals surface area contributed by atoms with E-state index in [1.807, 2.05) is 11.8 Å². The molecule has 2 aliphatic heterocycles. The molecule has 2 aromatic carbocycles. The van der Waals surface area contributed by atoms with E-state index < -0.39 is 0 Å². The number of aliphatic imine (C=N–C) groups is 1. The Labute approximate surface area is 166 Å². The number of rotatable bonds is 4. The van der Waals surface area contributed by atoms with Gasteiger partial charge >= 0.3 is 0 Å². The van der Waals surface area contributed by atoms with Crippen molar-refractivity contribution in [2.24, 2.45) is 4.99 Å². The first-order valence-corrected chi connectivity index (χ1v) is 10.7. The van der Waals surface area contributed by atoms with Crippen molar-refractivity contribution in [3.05, 3.63) is 64.7 Å². The lowest BCUT2D eigenvalue weighted by atomic mass is 10.0. The number of benzene rings is 2. The standard InChI is InChI=1S/C23H28N2OS/c1-16-4-6-19(7-5-16)23-24-15-22(27-23)17(2)25-12-10-18-8-9-21(26-3)14-20(18)11-13-25/h4-9,14,17,22H,10-13,15H2,1-3H3. The highest BCUT2D eigenvalue weighted by molar-refractivity contribution is 8.15. The minimum atomic E-state index is 0.526. The number of fused-ring (bicyclic) bond motifs is 1. The van der Waals surface area contributed by atoms with E-state index in [4.69, 9.17) is 9.73 Å². The van der Waals surface area contributed by atoms with Crippen molar-refractivity contribution in [1.29, 1.82) is 0 Å². The first kappa shape index (κ1) is 18.6. The summed E-state index contributed by atoms with van der Waals surface area (Å²) in [6, 6.07) is 15.8. The summed E-state index contributed by atoms with van der Waals surface area (Å²) in [5.74, 6) is 0.970. The Bertz CT molecular complexity index is 831. The van der Waals surface area contributed by atoms with E-state index in [1.165, 1.54) is 27.3 Å². The molecule has 27 heavy (non-hydrogen) atoms. The predicted molar refractivity (Wildman–Crippen MR) is 115 cm³/mol. The molecule has 4 heteroatoms. The molecular formula is C23H28N2OS. The highest BCUT2D eigenvalue weighted by atomic mass is 32.2. The summed E-state index contributed by atoms with van der Waals surface area (Å²) in [7, 11) is 1.75. The molecular weight excluding hydrogens is 352 g/mol. The summed E-state index contributed by atoms with van der Waals surface area (Å²) >= 11 is 1.96. The predicted octanol–water partition coefficient (Wildman–Crippen LogP) is 4.35. The maximum atomic E-state index is 5.41. The zero-order chi connectivity index (χ0) is 18.8. The summed E-state index contributed by atoms with van der Waals surface area (Å²) in [6.07, 6.45) is 2.21. The quantitative estimate of drug-likeness (QED) is 0.788. The molecule has 0 saturated heterocycles. The van der Waals surface area contributed by atoms with Crippen LogP contribution in [0.15, 0.2) is 47.5 Å². The molecule has 0 bridgehead atoms. The highest BCUT2D eigenvalue weighted by Gasteiger charge is 2.30. The third-order valence-electron chi connectivity index (χ3n) is 5.84. The molecule has 2 atom stereocenters. The van der Waals surface area contributed by atoms with Crippen LogP contribution in [-0.2, 0) is 12.8 Å². The number of aryl methyl sites for hydroxylation is 1. The topological polar surface area (TPSA) is 24.8 Å². The van der Waals surface area contributed by atoms with Gasteiger partial charge in [0, 0.05) is 29.9 Å². The summed E-state index contributed by atoms with van der Waals surface area (Å²) in [6.45, 7) is 7.66. The molecule has 142 valence electrons. The molecule has 2 heterocycles. The van der Waals surface area contributed by atoms with E-state index in [1.54, 1.807) is 7.11 Å². The second kappa shape index (κ2) is 8.07. The van der Waals surface area contributed by atoms with Crippen LogP contribution in [0.1, 0.15) is 29.2 Å². The Kier molecular flexibility index (Phi) is 5.55. The zero-order valence-electron chi connectivity index (χ0n) is 16.4. The largest absolute Gasteiger partial charge is 0.497 e. The van der Waals surface area contributed by atoms with Crippen LogP contribution in [0.5, 0.6) is 5.75 Å². The van der Waals surface area contributed by atoms with E-state index in [9.17, 15) is 0 Å². The summed E-state index contributed by atoms with van der Waals surface area (Å²) in [4.78, 5) is 7.51. The van der Waals surface area contributed by atoms with Crippen molar-refractivity contribution >= 4 is 16.8 Å². The SMILES string of the molecule is COc1ccc2c(c1)CCN(C(C)C1CN=C(c3ccc(C)cc3)S1)CC2. The molecule has 2 aliphatic rings. The Morgan fingerprint density at radius 3 is 2.56 bits per heavy atom. The fourth-order valence-electron chi connectivity index (χ4n) is 3.99. The van der Waals surface area contributed by atoms with E-state index in [-0.39, 0.29) is 0 Å². The third-order valence-corrected chi connectivity index (χ3v) is 7.27. The lowest BCUT2D eigenvalue weighted by Gasteiger charge is -2.31. The number of ether oxygens (including phenoxy) is 1. The van der Waals surface area contributed by atoms with Crippen molar-refractivity contribution in [2.45, 2.75) is 38.0 Å². The number of thioether (sulfide) groups is 1. The van der Waals surface area contributed by atoms with Gasteiger partial charge in [-0.2, -0.15) is 0 Å². The molecule has 0 radical (unpaired) electrons. The number of hydrogen-bond donors (Lipinski definition) is 0. The van der Waals surface area contributed by atoms with E-state index >= 15 is 0 Å². The van der Waals surface area contributed by atoms with E-state index in [2.05, 4.69) is 61.2 Å². The molecule has 0 fully saturated rings. The molecule has 0 amide bonds. The normalized spacial score (nSPS) is 21.3. The van der Waals surface area contributed by atoms with Gasteiger partial charge < -0.3 is 4.74 Å². The second-order valence-electron chi connectivity index (χ2n) is 7.58. The summed E-state index contributed by atoms with van der Waals surface area (Å²) in [5.41, 5.74) is 5.48. The Hall–Kier alpha value is -1.78. The van der Waals surface area contributed by atoms with Crippen molar-refractivity contribution in [3.8, 4) is 5.75 Å². The smallest absolute Gasteiger partial charge is 0.119 e. The highest BCUT2D eigenvalue weighted by Crippen LogP contribution is 2.31. The molecule has 0 spiro atoms. The van der Waals surface area contributed by atoms with Crippen LogP contribution < -0.4 is 4.74 Å². The number of hydrogen-bond acceptors (Lipinski definition) is 4. The van der Waals surface area contributed by atoms with Crippen LogP contribution in [0.2, 0.25) is 0 Å². The Morgan fingerprint density at radius 1 is 1.07 bits per heavy atom. The average molecular weight is 381 g/mol. The summed E-state index contributed by atoms with van der Waals surface area (Å²) in [5, 5.41) is 1.74. The minimum absolute atomic E-state index is 0.526. The third kappa shape index (κ3) is 4.07. The molecule has 0 aliphatic carbocycles. The van der Waals surface area contributed by atoms with Gasteiger partial charge in [0.25, 0.3) is 0 Å². The molecule has 0 aromatic heterocycles. The molecule has 4 rings (SSSR count). The Morgan fingerprint density at radius 2 is 1.81 bits per heavy atom. The van der Waals surface area contributed by atoms with Gasteiger partial charge in [0.2, 0.25) is 0 Å². The van der Waals surface area contributed by atoms with Gasteiger partial charge in [0.05, 0.1) is 18.7 Å². The van der Waals surface area contributed by atoms with Gasteiger partial charge in [-0.15, -0.1) is 0 Å². The van der Waals surface area contributed by atoms with Gasteiger partial charge in [-0.1, -0.05) is 47.7 Å². The van der Waals surface area contributed by atoms with Crippen LogP contribution in [-0.4, -0.2) is 48.0 Å². The Balaban J connectivity index is 1.39. The van der Waals surface area contributed by atoms with Gasteiger partial charge in [-0.05, 0) is 49.9 Å². The van der Waals surface area contributed by atoms with Gasteiger partial charge in [-0.25, -0.2) is 0 Å². The van der Waals surface area contributed by atoms with E-state index in [0.29, 0.717) is 11.3 Å². The monoisotopic (exact) mass is 380 g/mol. The van der Waals surface area contributed by atoms with Crippen molar-refractivity contribution in [1.82, 2.24) is 4.90 Å². The molecule has 2 aromatic rings. The van der Waals surface area contributed by atoms with Crippen molar-refractivity contribution < 1.29 is 4.74 Å². The maximum absolute atomic E-state index is 5.41. The van der Waals surface area contributed by atoms with Crippen molar-refractivity contribution in [3.63, 3.8) is 0 Å². The number of nitrogens with zero attached hydrogens (tertiary/aromatic N) is 2. The molecule has 0 saturated carbocycles. The van der Waals surface area contributed by atoms with Gasteiger partial charge in [-0.3, -0.25) is 9.89 Å². The lowest BCUT2D eigenvalue weighted by molar-refractivity contribution is 0.216. The van der Waals surface area contributed by atoms with Gasteiger partial charge in [0.15, 0.2) is 0 Å². The maximum Gasteiger partial charge on any atom is 0.119 e. The first-order valence-electron chi connectivity index (χ1n) is 9.82. The average Bonchev–Trinajstić information content (AvgIpc) is 3.09. The molecule has 0 N–H and O–H groups in total.